The minimum absolute atomic E-state index is 0.520. The van der Waals surface area contributed by atoms with E-state index in [9.17, 15) is 0 Å². The van der Waals surface area contributed by atoms with Gasteiger partial charge in [0.1, 0.15) is 13.8 Å². The van der Waals surface area contributed by atoms with Gasteiger partial charge in [0.2, 0.25) is 0 Å². The molecule has 112 valence electrons. The fraction of sp³-hybridized carbons (Fsp3) is 0.176. The first-order valence-electron chi connectivity index (χ1n) is 7.89. The summed E-state index contributed by atoms with van der Waals surface area (Å²) < 4.78 is 1.14. The van der Waals surface area contributed by atoms with E-state index in [1.807, 2.05) is 18.5 Å². The number of thiophene rings is 2. The summed E-state index contributed by atoms with van der Waals surface area (Å²) in [7, 11) is 8.98. The third kappa shape index (κ3) is 2.80. The average Bonchev–Trinajstić information content (AvgIpc) is 3.34. The van der Waals surface area contributed by atoms with Gasteiger partial charge in [-0.05, 0) is 29.4 Å². The lowest BCUT2D eigenvalue weighted by molar-refractivity contribution is 1.06. The maximum Gasteiger partial charge on any atom is 0.130 e. The highest BCUT2D eigenvalue weighted by molar-refractivity contribution is 7.37. The highest BCUT2D eigenvalue weighted by Gasteiger charge is 2.14. The van der Waals surface area contributed by atoms with Crippen LogP contribution in [0.5, 0.6) is 0 Å². The van der Waals surface area contributed by atoms with Crippen LogP contribution in [0.1, 0.15) is 11.8 Å². The topological polar surface area (TPSA) is 24.7 Å². The molecule has 24 heavy (non-hydrogen) atoms. The number of rotatable bonds is 5. The van der Waals surface area contributed by atoms with E-state index in [-0.39, 0.29) is 0 Å². The van der Waals surface area contributed by atoms with Gasteiger partial charge in [0.05, 0.1) is 10.7 Å². The molecule has 4 radical (unpaired) electrons. The van der Waals surface area contributed by atoms with Crippen LogP contribution in [0.4, 0.5) is 0 Å². The van der Waals surface area contributed by atoms with Crippen LogP contribution >= 0.6 is 22.7 Å². The Labute approximate surface area is 152 Å². The van der Waals surface area contributed by atoms with Crippen molar-refractivity contribution in [2.75, 3.05) is 6.67 Å². The summed E-state index contributed by atoms with van der Waals surface area (Å²) in [5, 5.41) is 2.05. The van der Waals surface area contributed by atoms with Crippen LogP contribution < -0.4 is 15.5 Å². The molecular weight excluding hydrogens is 329 g/mol. The summed E-state index contributed by atoms with van der Waals surface area (Å²) in [4.78, 5) is 13.2. The fourth-order valence-electron chi connectivity index (χ4n) is 2.87. The highest BCUT2D eigenvalue weighted by atomic mass is 32.1. The molecule has 2 aromatic heterocycles. The molecule has 0 bridgehead atoms. The average molecular weight is 342 g/mol. The molecule has 0 atom stereocenters. The van der Waals surface area contributed by atoms with Crippen molar-refractivity contribution in [3.8, 4) is 20.9 Å². The summed E-state index contributed by atoms with van der Waals surface area (Å²) in [5.74, 6) is 0. The molecule has 1 aromatic carbocycles. The first-order chi connectivity index (χ1) is 11.8. The zero-order valence-electron chi connectivity index (χ0n) is 13.3. The molecule has 0 aliphatic carbocycles. The van der Waals surface area contributed by atoms with E-state index >= 15 is 0 Å². The molecule has 3 heterocycles. The summed E-state index contributed by atoms with van der Waals surface area (Å²) >= 11 is 3.56. The van der Waals surface area contributed by atoms with Crippen LogP contribution in [0.2, 0.25) is 0 Å². The molecule has 1 aliphatic heterocycles. The largest absolute Gasteiger partial charge is 0.259 e. The normalized spacial score (nSPS) is 12.4. The van der Waals surface area contributed by atoms with Gasteiger partial charge in [-0.1, -0.05) is 25.1 Å². The van der Waals surface area contributed by atoms with Gasteiger partial charge in [0.25, 0.3) is 0 Å². The molecule has 0 unspecified atom stereocenters. The molecule has 0 saturated carbocycles. The summed E-state index contributed by atoms with van der Waals surface area (Å²) in [6, 6.07) is 13.0. The number of nitrogens with zero attached hydrogens (tertiary/aromatic N) is 2. The van der Waals surface area contributed by atoms with Gasteiger partial charge in [-0.2, -0.15) is 11.3 Å². The quantitative estimate of drug-likeness (QED) is 0.634. The molecule has 2 nitrogen and oxygen atoms in total. The second-order valence-corrected chi connectivity index (χ2v) is 7.78. The van der Waals surface area contributed by atoms with Crippen molar-refractivity contribution in [3.63, 3.8) is 0 Å². The van der Waals surface area contributed by atoms with E-state index in [1.54, 1.807) is 18.4 Å². The van der Waals surface area contributed by atoms with Crippen LogP contribution in [0.3, 0.4) is 0 Å². The summed E-state index contributed by atoms with van der Waals surface area (Å²) in [6.07, 6.45) is 1.07. The zero-order chi connectivity index (χ0) is 16.5. The lowest BCUT2D eigenvalue weighted by atomic mass is 9.28. The predicted octanol–water partition coefficient (Wildman–Crippen LogP) is 1.95. The number of fused-ring (bicyclic) bond motifs is 1. The van der Waals surface area contributed by atoms with Crippen LogP contribution in [0.15, 0.2) is 46.4 Å². The fourth-order valence-corrected chi connectivity index (χ4v) is 4.79. The van der Waals surface area contributed by atoms with Gasteiger partial charge in [-0.15, -0.1) is 11.3 Å². The van der Waals surface area contributed by atoms with Gasteiger partial charge in [0, 0.05) is 40.6 Å². The van der Waals surface area contributed by atoms with E-state index in [0.29, 0.717) is 6.67 Å². The Morgan fingerprint density at radius 3 is 2.25 bits per heavy atom. The van der Waals surface area contributed by atoms with Crippen LogP contribution in [0.25, 0.3) is 20.9 Å². The van der Waals surface area contributed by atoms with Gasteiger partial charge in [0.15, 0.2) is 0 Å². The summed E-state index contributed by atoms with van der Waals surface area (Å²) in [6.45, 7) is 2.71. The van der Waals surface area contributed by atoms with Crippen LogP contribution in [-0.2, 0) is 6.42 Å². The van der Waals surface area contributed by atoms with Crippen molar-refractivity contribution in [1.29, 1.82) is 0 Å². The molecule has 0 spiro atoms. The van der Waals surface area contributed by atoms with E-state index in [0.717, 1.165) is 27.5 Å². The molecular formula is C17H13B3N2S2. The molecule has 0 N–H and O–H groups in total. The molecule has 0 saturated heterocycles. The molecule has 0 fully saturated rings. The number of hydrogen-bond acceptors (Lipinski definition) is 4. The van der Waals surface area contributed by atoms with Crippen molar-refractivity contribution in [3.05, 3.63) is 52.0 Å². The van der Waals surface area contributed by atoms with Crippen molar-refractivity contribution in [2.45, 2.75) is 13.3 Å². The number of aryl methyl sites for hydroxylation is 1. The Morgan fingerprint density at radius 1 is 0.958 bits per heavy atom. The van der Waals surface area contributed by atoms with Gasteiger partial charge in [-0.25, -0.2) is 0 Å². The van der Waals surface area contributed by atoms with Crippen LogP contribution in [0, 0.1) is 0 Å². The standard InChI is InChI=1S/C17H13B3N2S2/c1-2-10-3-6-13(23-10)11-4-5-12(17-16(11)21-9-22-17)14-7-8-15(24-14)19-20-18/h3-8H,2,9H2,1H3. The molecule has 7 heteroatoms. The SMILES string of the molecule is [B][B][B]c1ccc(-c2ccc(-c3ccc(CC)s3)c3c2=NCN=3)s1. The minimum Gasteiger partial charge on any atom is -0.259 e. The molecule has 3 aromatic rings. The summed E-state index contributed by atoms with van der Waals surface area (Å²) in [5.41, 5.74) is 2.35. The van der Waals surface area contributed by atoms with Gasteiger partial charge >= 0.3 is 0 Å². The monoisotopic (exact) mass is 342 g/mol. The Kier molecular flexibility index (Phi) is 4.46. The van der Waals surface area contributed by atoms with Crippen molar-refractivity contribution < 1.29 is 0 Å². The molecule has 4 rings (SSSR count). The first kappa shape index (κ1) is 15.9. The first-order valence-corrected chi connectivity index (χ1v) is 9.53. The lowest BCUT2D eigenvalue weighted by Crippen LogP contribution is -2.26. The number of hydrogen-bond donors (Lipinski definition) is 0. The molecule has 0 amide bonds. The maximum absolute atomic E-state index is 5.49. The Bertz CT molecular complexity index is 1010. The van der Waals surface area contributed by atoms with Gasteiger partial charge < -0.3 is 0 Å². The smallest absolute Gasteiger partial charge is 0.130 e. The number of benzene rings is 1. The van der Waals surface area contributed by atoms with E-state index < -0.39 is 0 Å². The second-order valence-electron chi connectivity index (χ2n) is 5.50. The van der Waals surface area contributed by atoms with Gasteiger partial charge in [-0.3, -0.25) is 9.98 Å². The molecule has 1 aliphatic rings. The maximum atomic E-state index is 5.49. The van der Waals surface area contributed by atoms with E-state index in [4.69, 9.17) is 7.74 Å². The van der Waals surface area contributed by atoms with E-state index in [2.05, 4.69) is 53.3 Å². The lowest BCUT2D eigenvalue weighted by Gasteiger charge is -2.02. The predicted molar refractivity (Wildman–Crippen MR) is 107 cm³/mol. The third-order valence-corrected chi connectivity index (χ3v) is 6.38. The second kappa shape index (κ2) is 6.73. The Morgan fingerprint density at radius 2 is 1.62 bits per heavy atom. The highest BCUT2D eigenvalue weighted by Crippen LogP contribution is 2.28. The Hall–Kier alpha value is -1.59. The minimum atomic E-state index is 0.520. The van der Waals surface area contributed by atoms with E-state index in [1.165, 1.54) is 20.2 Å². The zero-order valence-corrected chi connectivity index (χ0v) is 15.0. The third-order valence-electron chi connectivity index (χ3n) is 4.04. The van der Waals surface area contributed by atoms with Crippen molar-refractivity contribution in [2.24, 2.45) is 9.98 Å². The van der Waals surface area contributed by atoms with Crippen LogP contribution in [-0.4, -0.2) is 28.6 Å². The van der Waals surface area contributed by atoms with Crippen molar-refractivity contribution >= 4 is 49.4 Å². The Balaban J connectivity index is 1.82. The van der Waals surface area contributed by atoms with Crippen molar-refractivity contribution in [1.82, 2.24) is 0 Å².